The fourth-order valence-corrected chi connectivity index (χ4v) is 8.01. The number of benzene rings is 1. The van der Waals surface area contributed by atoms with Crippen molar-refractivity contribution in [1.82, 2.24) is 10.2 Å². The van der Waals surface area contributed by atoms with Crippen molar-refractivity contribution in [3.05, 3.63) is 48.1 Å². The molecule has 1 aromatic rings. The molecule has 0 spiro atoms. The minimum atomic E-state index is -1.38. The second-order valence-corrected chi connectivity index (χ2v) is 14.8. The molecule has 1 saturated carbocycles. The summed E-state index contributed by atoms with van der Waals surface area (Å²) < 4.78 is 25.5. The van der Waals surface area contributed by atoms with Gasteiger partial charge in [0, 0.05) is 44.2 Å². The summed E-state index contributed by atoms with van der Waals surface area (Å²) in [6.07, 6.45) is 8.48. The van der Waals surface area contributed by atoms with Gasteiger partial charge in [0.25, 0.3) is 0 Å². The lowest BCUT2D eigenvalue weighted by molar-refractivity contribution is -0.255. The van der Waals surface area contributed by atoms with Crippen LogP contribution in [-0.4, -0.2) is 90.0 Å². The number of hydrogen-bond donors (Lipinski definition) is 3. The first-order chi connectivity index (χ1) is 25.0. The molecule has 3 aliphatic rings. The van der Waals surface area contributed by atoms with Gasteiger partial charge in [0.05, 0.1) is 24.8 Å². The number of aliphatic hydroxyl groups excluding tert-OH is 2. The van der Waals surface area contributed by atoms with E-state index in [9.17, 15) is 19.8 Å². The summed E-state index contributed by atoms with van der Waals surface area (Å²) in [5.41, 5.74) is 1.93. The normalized spacial score (nSPS) is 25.6. The van der Waals surface area contributed by atoms with E-state index in [0.717, 1.165) is 36.8 Å². The second kappa shape index (κ2) is 18.9. The fraction of sp³-hybridized carbons (Fsp3) is 0.675. The molecule has 0 saturated heterocycles. The lowest BCUT2D eigenvalue weighted by atomic mass is 9.55. The van der Waals surface area contributed by atoms with Crippen LogP contribution in [0.25, 0.3) is 0 Å². The minimum Gasteiger partial charge on any atom is -0.459 e. The highest BCUT2D eigenvalue weighted by atomic mass is 16.7. The van der Waals surface area contributed by atoms with E-state index in [4.69, 9.17) is 28.9 Å². The number of rotatable bonds is 18. The molecule has 12 heteroatoms. The number of ether oxygens (including phenoxy) is 4. The van der Waals surface area contributed by atoms with Gasteiger partial charge in [0.2, 0.25) is 5.79 Å². The van der Waals surface area contributed by atoms with Crippen molar-refractivity contribution >= 4 is 17.9 Å². The maximum atomic E-state index is 13.9. The molecule has 0 bridgehead atoms. The van der Waals surface area contributed by atoms with Crippen LogP contribution in [0.1, 0.15) is 104 Å². The Balaban J connectivity index is 2.06. The summed E-state index contributed by atoms with van der Waals surface area (Å²) >= 11 is 0. The molecular weight excluding hydrogens is 666 g/mol. The minimum absolute atomic E-state index is 0.0406. The smallest absolute Gasteiger partial charge is 0.412 e. The Kier molecular flexibility index (Phi) is 15.0. The Morgan fingerprint density at radius 3 is 2.48 bits per heavy atom. The van der Waals surface area contributed by atoms with Gasteiger partial charge in [-0.2, -0.15) is 0 Å². The SMILES string of the molecule is C=CCO[C@@]12Oc3ccc(OC(=O)NCC)cc3[C@H]3[C@H](CCCCO)[C@@H](CCCCO)C=C(C(=NOC(C)(C)C)C[C@@H]1N(CCC)C(=O)OCC)[C@H]32. The Morgan fingerprint density at radius 2 is 1.85 bits per heavy atom. The van der Waals surface area contributed by atoms with Gasteiger partial charge in [0.1, 0.15) is 23.1 Å². The van der Waals surface area contributed by atoms with Crippen LogP contribution in [-0.2, 0) is 14.3 Å². The van der Waals surface area contributed by atoms with Crippen LogP contribution >= 0.6 is 0 Å². The molecule has 1 aromatic carbocycles. The van der Waals surface area contributed by atoms with Gasteiger partial charge in [-0.1, -0.05) is 37.1 Å². The maximum Gasteiger partial charge on any atom is 0.412 e. The van der Waals surface area contributed by atoms with Crippen LogP contribution in [0.4, 0.5) is 9.59 Å². The van der Waals surface area contributed by atoms with Crippen molar-refractivity contribution in [2.24, 2.45) is 22.9 Å². The van der Waals surface area contributed by atoms with Crippen LogP contribution in [0.5, 0.6) is 11.5 Å². The summed E-state index contributed by atoms with van der Waals surface area (Å²) in [5, 5.41) is 27.1. The van der Waals surface area contributed by atoms with Crippen molar-refractivity contribution < 1.29 is 43.6 Å². The van der Waals surface area contributed by atoms with E-state index in [0.29, 0.717) is 49.6 Å². The molecule has 52 heavy (non-hydrogen) atoms. The number of carbonyl (C=O) groups is 2. The highest BCUT2D eigenvalue weighted by Crippen LogP contribution is 2.62. The highest BCUT2D eigenvalue weighted by molar-refractivity contribution is 6.03. The van der Waals surface area contributed by atoms with Crippen molar-refractivity contribution in [1.29, 1.82) is 0 Å². The number of aliphatic hydroxyl groups is 2. The molecule has 1 fully saturated rings. The second-order valence-electron chi connectivity index (χ2n) is 14.8. The number of oxime groups is 1. The van der Waals surface area contributed by atoms with Crippen LogP contribution in [0.3, 0.4) is 0 Å². The first-order valence-electron chi connectivity index (χ1n) is 19.1. The summed E-state index contributed by atoms with van der Waals surface area (Å²) in [6.45, 7) is 16.8. The molecular formula is C40H61N3O9. The Hall–Kier alpha value is -3.61. The maximum absolute atomic E-state index is 13.9. The average Bonchev–Trinajstić information content (AvgIpc) is 3.10. The van der Waals surface area contributed by atoms with Crippen LogP contribution in [0.2, 0.25) is 0 Å². The molecule has 12 nitrogen and oxygen atoms in total. The predicted octanol–water partition coefficient (Wildman–Crippen LogP) is 7.10. The summed E-state index contributed by atoms with van der Waals surface area (Å²) in [7, 11) is 0. The van der Waals surface area contributed by atoms with Crippen molar-refractivity contribution in [3.8, 4) is 11.5 Å². The average molecular weight is 728 g/mol. The number of unbranched alkanes of at least 4 members (excludes halogenated alkanes) is 2. The molecule has 1 aliphatic heterocycles. The van der Waals surface area contributed by atoms with E-state index < -0.39 is 35.5 Å². The third kappa shape index (κ3) is 9.48. The van der Waals surface area contributed by atoms with Crippen LogP contribution < -0.4 is 14.8 Å². The van der Waals surface area contributed by atoms with Crippen molar-refractivity contribution in [3.63, 3.8) is 0 Å². The molecule has 0 unspecified atom stereocenters. The van der Waals surface area contributed by atoms with Gasteiger partial charge in [-0.05, 0) is 102 Å². The Bertz CT molecular complexity index is 1420. The van der Waals surface area contributed by atoms with Crippen molar-refractivity contribution in [2.45, 2.75) is 116 Å². The Morgan fingerprint density at radius 1 is 1.12 bits per heavy atom. The van der Waals surface area contributed by atoms with Gasteiger partial charge < -0.3 is 39.3 Å². The van der Waals surface area contributed by atoms with Gasteiger partial charge in [-0.15, -0.1) is 6.58 Å². The molecule has 3 N–H and O–H groups in total. The monoisotopic (exact) mass is 727 g/mol. The largest absolute Gasteiger partial charge is 0.459 e. The highest BCUT2D eigenvalue weighted by Gasteiger charge is 2.65. The lowest BCUT2D eigenvalue weighted by Gasteiger charge is -2.60. The van der Waals surface area contributed by atoms with Gasteiger partial charge in [-0.3, -0.25) is 4.90 Å². The molecule has 290 valence electrons. The molecule has 1 heterocycles. The molecule has 0 radical (unpaired) electrons. The van der Waals surface area contributed by atoms with Gasteiger partial charge in [-0.25, -0.2) is 9.59 Å². The van der Waals surface area contributed by atoms with Crippen LogP contribution in [0, 0.1) is 17.8 Å². The quantitative estimate of drug-likeness (QED) is 0.0819. The summed E-state index contributed by atoms with van der Waals surface area (Å²) in [4.78, 5) is 34.3. The van der Waals surface area contributed by atoms with E-state index in [2.05, 4.69) is 18.0 Å². The fourth-order valence-electron chi connectivity index (χ4n) is 8.01. The van der Waals surface area contributed by atoms with Gasteiger partial charge >= 0.3 is 12.2 Å². The van der Waals surface area contributed by atoms with Crippen molar-refractivity contribution in [2.75, 3.05) is 39.5 Å². The molecule has 6 atom stereocenters. The van der Waals surface area contributed by atoms with Crippen LogP contribution in [0.15, 0.2) is 47.7 Å². The summed E-state index contributed by atoms with van der Waals surface area (Å²) in [6, 6.07) is 4.76. The van der Waals surface area contributed by atoms with E-state index in [1.807, 2.05) is 46.8 Å². The molecule has 2 aliphatic carbocycles. The summed E-state index contributed by atoms with van der Waals surface area (Å²) in [5.74, 6) is -1.02. The van der Waals surface area contributed by atoms with E-state index >= 15 is 0 Å². The van der Waals surface area contributed by atoms with E-state index in [1.54, 1.807) is 24.0 Å². The number of nitrogens with zero attached hydrogens (tertiary/aromatic N) is 2. The first-order valence-corrected chi connectivity index (χ1v) is 19.1. The van der Waals surface area contributed by atoms with Gasteiger partial charge in [0.15, 0.2) is 0 Å². The number of hydrogen-bond acceptors (Lipinski definition) is 10. The van der Waals surface area contributed by atoms with E-state index in [-0.39, 0.29) is 50.6 Å². The number of carbonyl (C=O) groups excluding carboxylic acids is 2. The molecule has 0 aromatic heterocycles. The number of nitrogens with one attached hydrogen (secondary N) is 1. The third-order valence-corrected chi connectivity index (χ3v) is 9.95. The predicted molar refractivity (Wildman–Crippen MR) is 200 cm³/mol. The first kappa shape index (κ1) is 41.2. The topological polar surface area (TPSA) is 148 Å². The molecule has 2 amide bonds. The standard InChI is InChI=1S/C40H61N3O9/c1-8-20-43(38(47)48-11-4)34-26-32(42-52-39(5,6)7)30-24-27(16-12-14-21-44)29(17-13-15-22-45)35-31-25-28(50-37(46)41-10-3)18-19-33(31)51-40(34,36(30)35)49-23-9-2/h9,18-19,24-25,27,29,34-36,44-45H,2,8,10-17,20-23,26H2,1,3-7H3,(H,41,46)/t27-,29+,34-,35+,36+,40+/m0/s1. The number of allylic oxidation sites excluding steroid dienone is 1. The Labute approximate surface area is 309 Å². The third-order valence-electron chi connectivity index (χ3n) is 9.95. The lowest BCUT2D eigenvalue weighted by Crippen LogP contribution is -2.70. The molecule has 4 rings (SSSR count). The zero-order chi connectivity index (χ0) is 37.9. The zero-order valence-corrected chi connectivity index (χ0v) is 32.0. The zero-order valence-electron chi connectivity index (χ0n) is 32.0. The van der Waals surface area contributed by atoms with E-state index in [1.165, 1.54) is 0 Å². The number of amides is 2. The number of fused-ring (bicyclic) bond motifs is 2.